The summed E-state index contributed by atoms with van der Waals surface area (Å²) in [4.78, 5) is 8.73. The Morgan fingerprint density at radius 2 is 1.89 bits per heavy atom. The van der Waals surface area contributed by atoms with E-state index in [0.29, 0.717) is 22.6 Å². The van der Waals surface area contributed by atoms with Crippen LogP contribution in [0, 0.1) is 6.92 Å². The van der Waals surface area contributed by atoms with Gasteiger partial charge in [0, 0.05) is 17.3 Å². The van der Waals surface area contributed by atoms with Crippen molar-refractivity contribution < 1.29 is 4.74 Å². The molecule has 2 heterocycles. The summed E-state index contributed by atoms with van der Waals surface area (Å²) in [5, 5.41) is 8.38. The Kier molecular flexibility index (Phi) is 3.95. The molecule has 0 atom stereocenters. The molecule has 0 radical (unpaired) electrons. The molecule has 0 amide bonds. The number of hydrogen-bond donors (Lipinski definition) is 0. The first kappa shape index (κ1) is 13.7. The minimum absolute atomic E-state index is 0.281. The van der Waals surface area contributed by atoms with Gasteiger partial charge in [0.15, 0.2) is 5.82 Å². The highest BCUT2D eigenvalue weighted by atomic mass is 35.5. The lowest BCUT2D eigenvalue weighted by Gasteiger charge is -2.11. The van der Waals surface area contributed by atoms with Gasteiger partial charge in [0.25, 0.3) is 0 Å². The molecule has 0 saturated carbocycles. The van der Waals surface area contributed by atoms with Crippen LogP contribution in [0.1, 0.15) is 31.0 Å². The van der Waals surface area contributed by atoms with Gasteiger partial charge in [-0.2, -0.15) is 0 Å². The Morgan fingerprint density at radius 1 is 1.16 bits per heavy atom. The lowest BCUT2D eigenvalue weighted by molar-refractivity contribution is 0.392. The third-order valence-electron chi connectivity index (χ3n) is 2.75. The number of hydrogen-bond acceptors (Lipinski definition) is 5. The van der Waals surface area contributed by atoms with Crippen LogP contribution in [0.25, 0.3) is 11.5 Å². The maximum absolute atomic E-state index is 6.21. The van der Waals surface area contributed by atoms with E-state index in [2.05, 4.69) is 34.0 Å². The molecule has 0 aliphatic heterocycles. The normalized spacial score (nSPS) is 10.8. The van der Waals surface area contributed by atoms with Gasteiger partial charge in [-0.15, -0.1) is 10.2 Å². The van der Waals surface area contributed by atoms with E-state index in [-0.39, 0.29) is 5.92 Å². The van der Waals surface area contributed by atoms with Gasteiger partial charge in [0.1, 0.15) is 10.8 Å². The second-order valence-electron chi connectivity index (χ2n) is 4.45. The molecule has 2 aromatic rings. The lowest BCUT2D eigenvalue weighted by atomic mass is 10.0. The molecule has 0 spiro atoms. The molecular weight excluding hydrogens is 264 g/mol. The Labute approximate surface area is 117 Å². The van der Waals surface area contributed by atoms with Crippen molar-refractivity contribution >= 4 is 11.6 Å². The first-order valence-electron chi connectivity index (χ1n) is 5.95. The van der Waals surface area contributed by atoms with Crippen LogP contribution in [0.15, 0.2) is 12.1 Å². The fraction of sp³-hybridized carbons (Fsp3) is 0.385. The average Bonchev–Trinajstić information content (AvgIpc) is 2.37. The molecule has 0 saturated heterocycles. The minimum atomic E-state index is 0.281. The van der Waals surface area contributed by atoms with E-state index >= 15 is 0 Å². The van der Waals surface area contributed by atoms with Crippen LogP contribution in [0.4, 0.5) is 0 Å². The van der Waals surface area contributed by atoms with Gasteiger partial charge >= 0.3 is 0 Å². The fourth-order valence-electron chi connectivity index (χ4n) is 1.87. The number of rotatable bonds is 3. The van der Waals surface area contributed by atoms with Crippen molar-refractivity contribution in [3.63, 3.8) is 0 Å². The van der Waals surface area contributed by atoms with Gasteiger partial charge in [0.2, 0.25) is 5.88 Å². The second-order valence-corrected chi connectivity index (χ2v) is 4.81. The topological polar surface area (TPSA) is 60.8 Å². The van der Waals surface area contributed by atoms with Gasteiger partial charge in [0.05, 0.1) is 7.11 Å². The summed E-state index contributed by atoms with van der Waals surface area (Å²) in [6.45, 7) is 6.04. The number of methoxy groups -OCH3 is 1. The summed E-state index contributed by atoms with van der Waals surface area (Å²) >= 11 is 6.21. The summed E-state index contributed by atoms with van der Waals surface area (Å²) in [7, 11) is 1.54. The molecule has 0 aliphatic rings. The van der Waals surface area contributed by atoms with E-state index in [0.717, 1.165) is 11.3 Å². The molecule has 0 unspecified atom stereocenters. The quantitative estimate of drug-likeness (QED) is 0.808. The van der Waals surface area contributed by atoms with E-state index in [1.165, 1.54) is 0 Å². The SMILES string of the molecule is COc1ccc(-c2nc(C)c(C(C)C)c(Cl)n2)nn1. The predicted molar refractivity (Wildman–Crippen MR) is 73.4 cm³/mol. The summed E-state index contributed by atoms with van der Waals surface area (Å²) in [6, 6.07) is 3.47. The number of nitrogens with zero attached hydrogens (tertiary/aromatic N) is 4. The van der Waals surface area contributed by atoms with Gasteiger partial charge in [-0.1, -0.05) is 25.4 Å². The summed E-state index contributed by atoms with van der Waals surface area (Å²) in [5.41, 5.74) is 2.40. The van der Waals surface area contributed by atoms with Crippen LogP contribution in [-0.4, -0.2) is 27.3 Å². The first-order chi connectivity index (χ1) is 9.02. The summed E-state index contributed by atoms with van der Waals surface area (Å²) in [6.07, 6.45) is 0. The molecule has 0 N–H and O–H groups in total. The Bertz CT molecular complexity index is 561. The molecule has 0 aliphatic carbocycles. The van der Waals surface area contributed by atoms with Gasteiger partial charge in [-0.25, -0.2) is 9.97 Å². The highest BCUT2D eigenvalue weighted by Crippen LogP contribution is 2.27. The van der Waals surface area contributed by atoms with Crippen LogP contribution in [0.3, 0.4) is 0 Å². The van der Waals surface area contributed by atoms with Crippen molar-refractivity contribution in [2.45, 2.75) is 26.7 Å². The third kappa shape index (κ3) is 2.81. The third-order valence-corrected chi connectivity index (χ3v) is 3.03. The maximum Gasteiger partial charge on any atom is 0.233 e. The van der Waals surface area contributed by atoms with Crippen molar-refractivity contribution in [3.05, 3.63) is 28.5 Å². The van der Waals surface area contributed by atoms with Crippen molar-refractivity contribution in [1.29, 1.82) is 0 Å². The molecule has 0 bridgehead atoms. The van der Waals surface area contributed by atoms with Crippen molar-refractivity contribution in [3.8, 4) is 17.4 Å². The average molecular weight is 279 g/mol. The Hall–Kier alpha value is -1.75. The molecule has 19 heavy (non-hydrogen) atoms. The van der Waals surface area contributed by atoms with E-state index in [1.807, 2.05) is 6.92 Å². The van der Waals surface area contributed by atoms with Crippen molar-refractivity contribution in [2.24, 2.45) is 0 Å². The summed E-state index contributed by atoms with van der Waals surface area (Å²) in [5.74, 6) is 1.20. The number of ether oxygens (including phenoxy) is 1. The lowest BCUT2D eigenvalue weighted by Crippen LogP contribution is -2.03. The molecule has 0 fully saturated rings. The van der Waals surface area contributed by atoms with Crippen LogP contribution in [0.5, 0.6) is 5.88 Å². The monoisotopic (exact) mass is 278 g/mol. The van der Waals surface area contributed by atoms with E-state index in [1.54, 1.807) is 19.2 Å². The van der Waals surface area contributed by atoms with Gasteiger partial charge < -0.3 is 4.74 Å². The Morgan fingerprint density at radius 3 is 2.37 bits per heavy atom. The fourth-order valence-corrected chi connectivity index (χ4v) is 2.30. The van der Waals surface area contributed by atoms with E-state index in [4.69, 9.17) is 16.3 Å². The number of halogens is 1. The number of aryl methyl sites for hydroxylation is 1. The van der Waals surface area contributed by atoms with Crippen LogP contribution >= 0.6 is 11.6 Å². The van der Waals surface area contributed by atoms with Crippen molar-refractivity contribution in [2.75, 3.05) is 7.11 Å². The standard InChI is InChI=1S/C13H15ClN4O/c1-7(2)11-8(3)15-13(16-12(11)14)9-5-6-10(19-4)18-17-9/h5-7H,1-4H3. The van der Waals surface area contributed by atoms with Crippen molar-refractivity contribution in [1.82, 2.24) is 20.2 Å². The smallest absolute Gasteiger partial charge is 0.233 e. The van der Waals surface area contributed by atoms with E-state index < -0.39 is 0 Å². The van der Waals surface area contributed by atoms with Crippen LogP contribution < -0.4 is 4.74 Å². The predicted octanol–water partition coefficient (Wildman–Crippen LogP) is 3.03. The van der Waals surface area contributed by atoms with Gasteiger partial charge in [-0.3, -0.25) is 0 Å². The molecule has 100 valence electrons. The van der Waals surface area contributed by atoms with Gasteiger partial charge in [-0.05, 0) is 18.9 Å². The largest absolute Gasteiger partial charge is 0.480 e. The minimum Gasteiger partial charge on any atom is -0.480 e. The highest BCUT2D eigenvalue weighted by molar-refractivity contribution is 6.30. The highest BCUT2D eigenvalue weighted by Gasteiger charge is 2.15. The second kappa shape index (κ2) is 5.48. The summed E-state index contributed by atoms with van der Waals surface area (Å²) < 4.78 is 4.96. The molecule has 5 nitrogen and oxygen atoms in total. The zero-order valence-electron chi connectivity index (χ0n) is 11.3. The zero-order valence-corrected chi connectivity index (χ0v) is 12.1. The Balaban J connectivity index is 2.45. The van der Waals surface area contributed by atoms with Crippen LogP contribution in [-0.2, 0) is 0 Å². The van der Waals surface area contributed by atoms with E-state index in [9.17, 15) is 0 Å². The molecule has 6 heteroatoms. The molecule has 2 rings (SSSR count). The zero-order chi connectivity index (χ0) is 14.0. The molecule has 0 aromatic carbocycles. The number of aromatic nitrogens is 4. The molecular formula is C13H15ClN4O. The van der Waals surface area contributed by atoms with Crippen LogP contribution in [0.2, 0.25) is 5.15 Å². The molecule has 2 aromatic heterocycles. The maximum atomic E-state index is 6.21. The first-order valence-corrected chi connectivity index (χ1v) is 6.33.